The molecule has 0 aliphatic carbocycles. The first kappa shape index (κ1) is 16.9. The van der Waals surface area contributed by atoms with E-state index in [2.05, 4.69) is 25.6 Å². The lowest BCUT2D eigenvalue weighted by Gasteiger charge is -2.09. The maximum atomic E-state index is 12.4. The number of aromatic nitrogens is 3. The smallest absolute Gasteiger partial charge is 0.274 e. The topological polar surface area (TPSA) is 79.8 Å². The normalized spacial score (nSPS) is 10.3. The zero-order valence-electron chi connectivity index (χ0n) is 13.5. The SMILES string of the molecule is Cc1cc(C(=O)Nc2ccc(Cl)cc2)nc(NCc2cccnc2)n1. The molecule has 0 spiro atoms. The Kier molecular flexibility index (Phi) is 5.20. The number of carbonyl (C=O) groups is 1. The van der Waals surface area contributed by atoms with E-state index in [1.807, 2.05) is 19.1 Å². The van der Waals surface area contributed by atoms with Crippen molar-refractivity contribution in [2.24, 2.45) is 0 Å². The van der Waals surface area contributed by atoms with E-state index >= 15 is 0 Å². The van der Waals surface area contributed by atoms with Gasteiger partial charge in [-0.2, -0.15) is 0 Å². The van der Waals surface area contributed by atoms with Gasteiger partial charge in [0.1, 0.15) is 5.69 Å². The second-order valence-corrected chi connectivity index (χ2v) is 5.83. The van der Waals surface area contributed by atoms with E-state index in [1.54, 1.807) is 42.7 Å². The third kappa shape index (κ3) is 4.74. The minimum absolute atomic E-state index is 0.288. The minimum atomic E-state index is -0.308. The Labute approximate surface area is 150 Å². The van der Waals surface area contributed by atoms with Gasteiger partial charge in [-0.3, -0.25) is 9.78 Å². The molecule has 0 saturated carbocycles. The Morgan fingerprint density at radius 1 is 1.16 bits per heavy atom. The van der Waals surface area contributed by atoms with Gasteiger partial charge in [-0.05, 0) is 48.9 Å². The Morgan fingerprint density at radius 2 is 1.96 bits per heavy atom. The van der Waals surface area contributed by atoms with Crippen LogP contribution in [0.25, 0.3) is 0 Å². The highest BCUT2D eigenvalue weighted by molar-refractivity contribution is 6.30. The van der Waals surface area contributed by atoms with Gasteiger partial charge < -0.3 is 10.6 Å². The van der Waals surface area contributed by atoms with Crippen molar-refractivity contribution in [2.45, 2.75) is 13.5 Å². The van der Waals surface area contributed by atoms with Gasteiger partial charge in [0.2, 0.25) is 5.95 Å². The Bertz CT molecular complexity index is 868. The van der Waals surface area contributed by atoms with E-state index < -0.39 is 0 Å². The van der Waals surface area contributed by atoms with Crippen LogP contribution in [0, 0.1) is 6.92 Å². The highest BCUT2D eigenvalue weighted by Gasteiger charge is 2.11. The molecule has 25 heavy (non-hydrogen) atoms. The van der Waals surface area contributed by atoms with Gasteiger partial charge in [0, 0.05) is 35.3 Å². The van der Waals surface area contributed by atoms with E-state index in [0.29, 0.717) is 28.9 Å². The quantitative estimate of drug-likeness (QED) is 0.731. The number of pyridine rings is 1. The molecule has 0 atom stereocenters. The van der Waals surface area contributed by atoms with Gasteiger partial charge in [0.15, 0.2) is 0 Å². The fourth-order valence-corrected chi connectivity index (χ4v) is 2.30. The largest absolute Gasteiger partial charge is 0.350 e. The highest BCUT2D eigenvalue weighted by Crippen LogP contribution is 2.15. The molecule has 0 bridgehead atoms. The molecule has 1 amide bonds. The first-order valence-corrected chi connectivity index (χ1v) is 8.03. The average Bonchev–Trinajstić information content (AvgIpc) is 2.62. The standard InChI is InChI=1S/C18H16ClN5O/c1-12-9-16(17(25)23-15-6-4-14(19)5-7-15)24-18(22-12)21-11-13-3-2-8-20-10-13/h2-10H,11H2,1H3,(H,23,25)(H,21,22,24). The summed E-state index contributed by atoms with van der Waals surface area (Å²) in [5.74, 6) is 0.0855. The van der Waals surface area contributed by atoms with Gasteiger partial charge in [-0.1, -0.05) is 17.7 Å². The number of hydrogen-bond acceptors (Lipinski definition) is 5. The summed E-state index contributed by atoms with van der Waals surface area (Å²) in [5, 5.41) is 6.51. The number of nitrogens with zero attached hydrogens (tertiary/aromatic N) is 3. The van der Waals surface area contributed by atoms with Crippen molar-refractivity contribution < 1.29 is 4.79 Å². The zero-order valence-corrected chi connectivity index (χ0v) is 14.3. The van der Waals surface area contributed by atoms with Crippen molar-refractivity contribution in [2.75, 3.05) is 10.6 Å². The summed E-state index contributed by atoms with van der Waals surface area (Å²) in [6, 6.07) is 12.3. The van der Waals surface area contributed by atoms with Crippen LogP contribution in [0.2, 0.25) is 5.02 Å². The molecular formula is C18H16ClN5O. The van der Waals surface area contributed by atoms with Crippen molar-refractivity contribution in [3.8, 4) is 0 Å². The molecule has 2 N–H and O–H groups in total. The number of rotatable bonds is 5. The van der Waals surface area contributed by atoms with Crippen LogP contribution < -0.4 is 10.6 Å². The summed E-state index contributed by atoms with van der Waals surface area (Å²) in [5.41, 5.74) is 2.64. The van der Waals surface area contributed by atoms with Crippen LogP contribution >= 0.6 is 11.6 Å². The molecular weight excluding hydrogens is 338 g/mol. The molecule has 126 valence electrons. The van der Waals surface area contributed by atoms with Crippen molar-refractivity contribution in [3.05, 3.63) is 76.8 Å². The Balaban J connectivity index is 1.72. The number of aryl methyl sites for hydroxylation is 1. The molecule has 0 aliphatic heterocycles. The lowest BCUT2D eigenvalue weighted by Crippen LogP contribution is -2.16. The van der Waals surface area contributed by atoms with Crippen molar-refractivity contribution >= 4 is 29.1 Å². The molecule has 0 radical (unpaired) electrons. The van der Waals surface area contributed by atoms with Crippen LogP contribution in [-0.4, -0.2) is 20.9 Å². The summed E-state index contributed by atoms with van der Waals surface area (Å²) in [7, 11) is 0. The molecule has 2 aromatic heterocycles. The van der Waals surface area contributed by atoms with E-state index in [-0.39, 0.29) is 11.6 Å². The van der Waals surface area contributed by atoms with Gasteiger partial charge in [0.05, 0.1) is 0 Å². The lowest BCUT2D eigenvalue weighted by molar-refractivity contribution is 0.102. The Morgan fingerprint density at radius 3 is 2.68 bits per heavy atom. The Hall–Kier alpha value is -2.99. The van der Waals surface area contributed by atoms with Gasteiger partial charge in [-0.25, -0.2) is 9.97 Å². The summed E-state index contributed by atoms with van der Waals surface area (Å²) in [4.78, 5) is 25.1. The van der Waals surface area contributed by atoms with Crippen LogP contribution in [0.15, 0.2) is 54.9 Å². The summed E-state index contributed by atoms with van der Waals surface area (Å²) >= 11 is 5.85. The van der Waals surface area contributed by atoms with Gasteiger partial charge in [0.25, 0.3) is 5.91 Å². The number of benzene rings is 1. The summed E-state index contributed by atoms with van der Waals surface area (Å²) in [6.45, 7) is 2.34. The van der Waals surface area contributed by atoms with Crippen molar-refractivity contribution in [3.63, 3.8) is 0 Å². The van der Waals surface area contributed by atoms with E-state index in [4.69, 9.17) is 11.6 Å². The van der Waals surface area contributed by atoms with Gasteiger partial charge in [-0.15, -0.1) is 0 Å². The van der Waals surface area contributed by atoms with Crippen LogP contribution in [0.5, 0.6) is 0 Å². The van der Waals surface area contributed by atoms with Crippen LogP contribution in [0.3, 0.4) is 0 Å². The van der Waals surface area contributed by atoms with Crippen LogP contribution in [-0.2, 0) is 6.54 Å². The number of carbonyl (C=O) groups excluding carboxylic acids is 1. The van der Waals surface area contributed by atoms with Crippen molar-refractivity contribution in [1.29, 1.82) is 0 Å². The molecule has 2 heterocycles. The number of hydrogen-bond donors (Lipinski definition) is 2. The zero-order chi connectivity index (χ0) is 17.6. The summed E-state index contributed by atoms with van der Waals surface area (Å²) < 4.78 is 0. The average molecular weight is 354 g/mol. The first-order chi connectivity index (χ1) is 12.1. The molecule has 3 aromatic rings. The van der Waals surface area contributed by atoms with E-state index in [0.717, 1.165) is 5.56 Å². The van der Waals surface area contributed by atoms with E-state index in [9.17, 15) is 4.79 Å². The second-order valence-electron chi connectivity index (χ2n) is 5.39. The molecule has 0 unspecified atom stereocenters. The third-order valence-corrected chi connectivity index (χ3v) is 3.61. The molecule has 1 aromatic carbocycles. The molecule has 0 aliphatic rings. The maximum Gasteiger partial charge on any atom is 0.274 e. The number of halogens is 1. The molecule has 7 heteroatoms. The monoisotopic (exact) mass is 353 g/mol. The van der Waals surface area contributed by atoms with E-state index in [1.165, 1.54) is 0 Å². The van der Waals surface area contributed by atoms with Crippen LogP contribution in [0.1, 0.15) is 21.7 Å². The lowest BCUT2D eigenvalue weighted by atomic mass is 10.3. The molecule has 0 saturated heterocycles. The maximum absolute atomic E-state index is 12.4. The fourth-order valence-electron chi connectivity index (χ4n) is 2.18. The molecule has 0 fully saturated rings. The van der Waals surface area contributed by atoms with Crippen LogP contribution in [0.4, 0.5) is 11.6 Å². The number of anilines is 2. The minimum Gasteiger partial charge on any atom is -0.350 e. The third-order valence-electron chi connectivity index (χ3n) is 3.36. The van der Waals surface area contributed by atoms with Gasteiger partial charge >= 0.3 is 0 Å². The first-order valence-electron chi connectivity index (χ1n) is 7.65. The fraction of sp³-hybridized carbons (Fsp3) is 0.111. The summed E-state index contributed by atoms with van der Waals surface area (Å²) in [6.07, 6.45) is 3.48. The number of nitrogens with one attached hydrogen (secondary N) is 2. The van der Waals surface area contributed by atoms with Crippen molar-refractivity contribution in [1.82, 2.24) is 15.0 Å². The second kappa shape index (κ2) is 7.72. The predicted molar refractivity (Wildman–Crippen MR) is 97.7 cm³/mol. The number of amides is 1. The molecule has 6 nitrogen and oxygen atoms in total. The molecule has 3 rings (SSSR count). The highest BCUT2D eigenvalue weighted by atomic mass is 35.5. The predicted octanol–water partition coefficient (Wildman–Crippen LogP) is 3.70.